The maximum atomic E-state index is 5.99. The van der Waals surface area contributed by atoms with E-state index in [4.69, 9.17) is 11.6 Å². The Hall–Kier alpha value is -1.34. The lowest BCUT2D eigenvalue weighted by Crippen LogP contribution is -2.28. The van der Waals surface area contributed by atoms with Crippen molar-refractivity contribution in [3.63, 3.8) is 0 Å². The van der Waals surface area contributed by atoms with Crippen molar-refractivity contribution in [2.24, 2.45) is 0 Å². The topological polar surface area (TPSA) is 68.5 Å². The summed E-state index contributed by atoms with van der Waals surface area (Å²) < 4.78 is 1.71. The molecule has 1 saturated carbocycles. The number of anilines is 1. The molecule has 0 radical (unpaired) electrons. The van der Waals surface area contributed by atoms with E-state index in [0.29, 0.717) is 17.9 Å². The number of rotatable bonds is 4. The van der Waals surface area contributed by atoms with E-state index in [1.165, 1.54) is 12.8 Å². The summed E-state index contributed by atoms with van der Waals surface area (Å²) in [5, 5.41) is 4.35. The van der Waals surface area contributed by atoms with Crippen LogP contribution in [0, 0.1) is 0 Å². The second kappa shape index (κ2) is 6.62. The third-order valence-electron chi connectivity index (χ3n) is 3.67. The highest BCUT2D eigenvalue weighted by atomic mass is 35.5. The van der Waals surface area contributed by atoms with Gasteiger partial charge in [0.15, 0.2) is 0 Å². The zero-order valence-electron chi connectivity index (χ0n) is 11.7. The highest BCUT2D eigenvalue weighted by Gasteiger charge is 2.21. The van der Waals surface area contributed by atoms with Gasteiger partial charge in [0.25, 0.3) is 0 Å². The van der Waals surface area contributed by atoms with Crippen LogP contribution in [-0.4, -0.2) is 42.1 Å². The highest BCUT2D eigenvalue weighted by molar-refractivity contribution is 7.99. The summed E-state index contributed by atoms with van der Waals surface area (Å²) in [7, 11) is 0. The summed E-state index contributed by atoms with van der Waals surface area (Å²) in [4.78, 5) is 16.7. The second-order valence-electron chi connectivity index (χ2n) is 5.05. The lowest BCUT2D eigenvalue weighted by molar-refractivity contribution is 0.471. The second-order valence-corrected chi connectivity index (χ2v) is 6.53. The van der Waals surface area contributed by atoms with Crippen molar-refractivity contribution in [3.05, 3.63) is 24.0 Å². The molecule has 1 aliphatic rings. The van der Waals surface area contributed by atoms with Gasteiger partial charge in [-0.2, -0.15) is 26.7 Å². The van der Waals surface area contributed by atoms with Crippen LogP contribution in [0.15, 0.2) is 18.7 Å². The first kappa shape index (κ1) is 14.6. The highest BCUT2D eigenvalue weighted by Crippen LogP contribution is 2.28. The third-order valence-corrected chi connectivity index (χ3v) is 4.98. The Kier molecular flexibility index (Phi) is 4.60. The fraction of sp³-hybridized carbons (Fsp3) is 0.538. The zero-order valence-corrected chi connectivity index (χ0v) is 13.3. The largest absolute Gasteiger partial charge is 0.351 e. The van der Waals surface area contributed by atoms with E-state index in [2.05, 4.69) is 31.5 Å². The minimum atomic E-state index is 0.189. The molecule has 1 fully saturated rings. The molecular weight excluding hydrogens is 308 g/mol. The van der Waals surface area contributed by atoms with Crippen molar-refractivity contribution >= 4 is 29.3 Å². The van der Waals surface area contributed by atoms with E-state index in [-0.39, 0.29) is 5.28 Å². The standard InChI is InChI=1S/C13H17ClN6S/c1-21-10-4-2-9(3-5-10)16-12-17-11(14)18-13(19-12)20-7-6-15-8-20/h6-10H,2-5H2,1H3,(H,16,17,18,19). The van der Waals surface area contributed by atoms with Gasteiger partial charge in [-0.05, 0) is 43.5 Å². The molecule has 1 aliphatic carbocycles. The maximum absolute atomic E-state index is 5.99. The number of nitrogens with zero attached hydrogens (tertiary/aromatic N) is 5. The molecule has 2 aromatic heterocycles. The monoisotopic (exact) mass is 324 g/mol. The first-order chi connectivity index (χ1) is 10.2. The first-order valence-electron chi connectivity index (χ1n) is 6.94. The normalized spacial score (nSPS) is 22.2. The summed E-state index contributed by atoms with van der Waals surface area (Å²) in [6, 6.07) is 0.405. The van der Waals surface area contributed by atoms with Crippen LogP contribution in [-0.2, 0) is 0 Å². The molecule has 0 atom stereocenters. The van der Waals surface area contributed by atoms with Gasteiger partial charge in [-0.3, -0.25) is 4.57 Å². The van der Waals surface area contributed by atoms with Gasteiger partial charge < -0.3 is 5.32 Å². The Morgan fingerprint density at radius 2 is 2.05 bits per heavy atom. The third kappa shape index (κ3) is 3.65. The molecule has 2 aromatic rings. The van der Waals surface area contributed by atoms with E-state index in [1.807, 2.05) is 11.8 Å². The minimum absolute atomic E-state index is 0.189. The fourth-order valence-electron chi connectivity index (χ4n) is 2.52. The molecule has 8 heteroatoms. The van der Waals surface area contributed by atoms with Crippen LogP contribution >= 0.6 is 23.4 Å². The summed E-state index contributed by atoms with van der Waals surface area (Å²) >= 11 is 7.95. The molecule has 0 bridgehead atoms. The molecule has 2 heterocycles. The van der Waals surface area contributed by atoms with Gasteiger partial charge in [-0.25, -0.2) is 4.98 Å². The van der Waals surface area contributed by atoms with Gasteiger partial charge in [0, 0.05) is 23.7 Å². The van der Waals surface area contributed by atoms with E-state index in [9.17, 15) is 0 Å². The molecule has 0 saturated heterocycles. The Bertz CT molecular complexity index is 582. The Morgan fingerprint density at radius 1 is 1.24 bits per heavy atom. The number of hydrogen-bond acceptors (Lipinski definition) is 6. The zero-order chi connectivity index (χ0) is 14.7. The predicted octanol–water partition coefficient (Wildman–Crippen LogP) is 2.80. The molecule has 21 heavy (non-hydrogen) atoms. The number of hydrogen-bond donors (Lipinski definition) is 1. The summed E-state index contributed by atoms with van der Waals surface area (Å²) in [5.41, 5.74) is 0. The molecule has 112 valence electrons. The number of halogens is 1. The van der Waals surface area contributed by atoms with Crippen LogP contribution in [0.2, 0.25) is 5.28 Å². The number of aromatic nitrogens is 5. The van der Waals surface area contributed by atoms with Gasteiger partial charge in [-0.1, -0.05) is 0 Å². The van der Waals surface area contributed by atoms with Crippen molar-refractivity contribution in [1.29, 1.82) is 0 Å². The van der Waals surface area contributed by atoms with Gasteiger partial charge in [0.05, 0.1) is 0 Å². The summed E-state index contributed by atoms with van der Waals surface area (Å²) in [6.45, 7) is 0. The van der Waals surface area contributed by atoms with E-state index in [1.54, 1.807) is 23.3 Å². The molecule has 0 aliphatic heterocycles. The summed E-state index contributed by atoms with van der Waals surface area (Å²) in [5.74, 6) is 1.01. The predicted molar refractivity (Wildman–Crippen MR) is 85.1 cm³/mol. The van der Waals surface area contributed by atoms with Crippen LogP contribution < -0.4 is 5.32 Å². The van der Waals surface area contributed by atoms with E-state index in [0.717, 1.165) is 18.1 Å². The van der Waals surface area contributed by atoms with Gasteiger partial charge >= 0.3 is 0 Å². The van der Waals surface area contributed by atoms with Crippen LogP contribution in [0.4, 0.5) is 5.95 Å². The van der Waals surface area contributed by atoms with Gasteiger partial charge in [-0.15, -0.1) is 0 Å². The van der Waals surface area contributed by atoms with Crippen LogP contribution in [0.25, 0.3) is 5.95 Å². The minimum Gasteiger partial charge on any atom is -0.351 e. The molecule has 0 unspecified atom stereocenters. The molecule has 3 rings (SSSR count). The Morgan fingerprint density at radius 3 is 2.71 bits per heavy atom. The lowest BCUT2D eigenvalue weighted by Gasteiger charge is -2.28. The van der Waals surface area contributed by atoms with Crippen molar-refractivity contribution in [3.8, 4) is 5.95 Å². The van der Waals surface area contributed by atoms with Crippen LogP contribution in [0.3, 0.4) is 0 Å². The van der Waals surface area contributed by atoms with Crippen LogP contribution in [0.5, 0.6) is 0 Å². The van der Waals surface area contributed by atoms with Crippen molar-refractivity contribution in [2.75, 3.05) is 11.6 Å². The fourth-order valence-corrected chi connectivity index (χ4v) is 3.42. The average molecular weight is 325 g/mol. The van der Waals surface area contributed by atoms with E-state index >= 15 is 0 Å². The number of thioether (sulfide) groups is 1. The molecule has 0 aromatic carbocycles. The van der Waals surface area contributed by atoms with Crippen molar-refractivity contribution < 1.29 is 0 Å². The van der Waals surface area contributed by atoms with Crippen molar-refractivity contribution in [2.45, 2.75) is 37.0 Å². The Balaban J connectivity index is 1.71. The Labute approximate surface area is 132 Å². The molecular formula is C13H17ClN6S. The molecule has 6 nitrogen and oxygen atoms in total. The number of nitrogens with one attached hydrogen (secondary N) is 1. The van der Waals surface area contributed by atoms with Gasteiger partial charge in [0.1, 0.15) is 6.33 Å². The SMILES string of the molecule is CSC1CCC(Nc2nc(Cl)nc(-n3ccnc3)n2)CC1. The molecule has 0 spiro atoms. The first-order valence-corrected chi connectivity index (χ1v) is 8.60. The van der Waals surface area contributed by atoms with Crippen LogP contribution in [0.1, 0.15) is 25.7 Å². The number of imidazole rings is 1. The maximum Gasteiger partial charge on any atom is 0.241 e. The summed E-state index contributed by atoms with van der Waals surface area (Å²) in [6.07, 6.45) is 12.0. The van der Waals surface area contributed by atoms with Gasteiger partial charge in [0.2, 0.25) is 17.2 Å². The molecule has 0 amide bonds. The smallest absolute Gasteiger partial charge is 0.241 e. The quantitative estimate of drug-likeness (QED) is 0.932. The van der Waals surface area contributed by atoms with E-state index < -0.39 is 0 Å². The lowest BCUT2D eigenvalue weighted by atomic mass is 9.95. The van der Waals surface area contributed by atoms with Crippen molar-refractivity contribution in [1.82, 2.24) is 24.5 Å². The molecule has 1 N–H and O–H groups in total. The average Bonchev–Trinajstić information content (AvgIpc) is 3.02.